The highest BCUT2D eigenvalue weighted by atomic mass is 32.2. The van der Waals surface area contributed by atoms with E-state index in [1.807, 2.05) is 30.3 Å². The number of sulfonamides is 1. The van der Waals surface area contributed by atoms with Gasteiger partial charge in [-0.2, -0.15) is 0 Å². The average molecular weight is 342 g/mol. The van der Waals surface area contributed by atoms with Gasteiger partial charge in [-0.05, 0) is 42.2 Å². The predicted octanol–water partition coefficient (Wildman–Crippen LogP) is 2.41. The number of hydrogen-bond donors (Lipinski definition) is 2. The molecule has 2 atom stereocenters. The van der Waals surface area contributed by atoms with E-state index >= 15 is 0 Å². The van der Waals surface area contributed by atoms with Gasteiger partial charge in [0.2, 0.25) is 15.9 Å². The lowest BCUT2D eigenvalue weighted by atomic mass is 10.0. The molecule has 1 aliphatic carbocycles. The molecule has 2 N–H and O–H groups in total. The summed E-state index contributed by atoms with van der Waals surface area (Å²) in [7, 11) is -3.55. The number of benzene rings is 2. The van der Waals surface area contributed by atoms with Crippen molar-refractivity contribution in [1.82, 2.24) is 4.72 Å². The molecule has 1 saturated carbocycles. The van der Waals surface area contributed by atoms with Crippen molar-refractivity contribution in [1.29, 1.82) is 0 Å². The van der Waals surface area contributed by atoms with Crippen LogP contribution in [0, 0.1) is 0 Å². The van der Waals surface area contributed by atoms with Crippen LogP contribution in [0.4, 0.5) is 5.69 Å². The fourth-order valence-electron chi connectivity index (χ4n) is 3.19. The molecule has 4 rings (SSSR count). The average Bonchev–Trinajstić information content (AvgIpc) is 3.33. The maximum absolute atomic E-state index is 12.6. The molecular formula is C18H18N2O3S. The zero-order valence-corrected chi connectivity index (χ0v) is 13.8. The molecule has 2 aromatic rings. The number of hydrogen-bond acceptors (Lipinski definition) is 3. The van der Waals surface area contributed by atoms with Crippen LogP contribution in [-0.2, 0) is 21.2 Å². The SMILES string of the molecule is O=C1CCc2cc(S(=O)(=O)NC3CC3c3ccccc3)ccc2N1. The minimum absolute atomic E-state index is 0.0279. The summed E-state index contributed by atoms with van der Waals surface area (Å²) >= 11 is 0. The van der Waals surface area contributed by atoms with Gasteiger partial charge in [0.05, 0.1) is 4.90 Å². The zero-order chi connectivity index (χ0) is 16.7. The second-order valence-corrected chi connectivity index (χ2v) is 8.06. The van der Waals surface area contributed by atoms with Gasteiger partial charge in [-0.1, -0.05) is 30.3 Å². The number of aryl methyl sites for hydroxylation is 1. The molecule has 6 heteroatoms. The van der Waals surface area contributed by atoms with Gasteiger partial charge in [0.15, 0.2) is 0 Å². The Balaban J connectivity index is 1.51. The Morgan fingerprint density at radius 2 is 1.83 bits per heavy atom. The number of carbonyl (C=O) groups is 1. The van der Waals surface area contributed by atoms with Gasteiger partial charge in [0, 0.05) is 24.1 Å². The van der Waals surface area contributed by atoms with Gasteiger partial charge < -0.3 is 5.32 Å². The van der Waals surface area contributed by atoms with Crippen LogP contribution in [0.1, 0.15) is 29.9 Å². The van der Waals surface area contributed by atoms with Crippen LogP contribution in [0.25, 0.3) is 0 Å². The fraction of sp³-hybridized carbons (Fsp3) is 0.278. The first kappa shape index (κ1) is 15.4. The molecule has 124 valence electrons. The Labute approximate surface area is 141 Å². The van der Waals surface area contributed by atoms with E-state index in [1.165, 1.54) is 5.56 Å². The first-order valence-corrected chi connectivity index (χ1v) is 9.51. The van der Waals surface area contributed by atoms with E-state index in [0.717, 1.165) is 12.0 Å². The molecule has 24 heavy (non-hydrogen) atoms. The lowest BCUT2D eigenvalue weighted by molar-refractivity contribution is -0.116. The molecule has 5 nitrogen and oxygen atoms in total. The summed E-state index contributed by atoms with van der Waals surface area (Å²) in [6, 6.07) is 14.8. The van der Waals surface area contributed by atoms with Crippen molar-refractivity contribution in [3.05, 3.63) is 59.7 Å². The molecule has 2 aliphatic rings. The Hall–Kier alpha value is -2.18. The Bertz CT molecular complexity index is 894. The number of rotatable bonds is 4. The molecule has 0 bridgehead atoms. The molecule has 1 aliphatic heterocycles. The van der Waals surface area contributed by atoms with Crippen LogP contribution in [0.2, 0.25) is 0 Å². The molecule has 0 saturated heterocycles. The van der Waals surface area contributed by atoms with Crippen LogP contribution in [0.15, 0.2) is 53.4 Å². The molecule has 1 fully saturated rings. The van der Waals surface area contributed by atoms with E-state index in [-0.39, 0.29) is 22.8 Å². The van der Waals surface area contributed by atoms with Crippen molar-refractivity contribution in [3.8, 4) is 0 Å². The Kier molecular flexibility index (Phi) is 3.66. The molecule has 2 unspecified atom stereocenters. The standard InChI is InChI=1S/C18H18N2O3S/c21-18-9-6-13-10-14(7-8-16(13)19-18)24(22,23)20-17-11-15(17)12-4-2-1-3-5-12/h1-5,7-8,10,15,17,20H,6,9,11H2,(H,19,21). The number of nitrogens with one attached hydrogen (secondary N) is 2. The monoisotopic (exact) mass is 342 g/mol. The summed E-state index contributed by atoms with van der Waals surface area (Å²) in [5.74, 6) is 0.220. The predicted molar refractivity (Wildman–Crippen MR) is 91.3 cm³/mol. The van der Waals surface area contributed by atoms with Crippen LogP contribution in [0.5, 0.6) is 0 Å². The Morgan fingerprint density at radius 1 is 1.04 bits per heavy atom. The molecule has 0 spiro atoms. The molecule has 0 aromatic heterocycles. The third-order valence-electron chi connectivity index (χ3n) is 4.61. The number of amides is 1. The van der Waals surface area contributed by atoms with Crippen LogP contribution < -0.4 is 10.0 Å². The maximum atomic E-state index is 12.6. The highest BCUT2D eigenvalue weighted by Gasteiger charge is 2.41. The van der Waals surface area contributed by atoms with Crippen molar-refractivity contribution in [3.63, 3.8) is 0 Å². The summed E-state index contributed by atoms with van der Waals surface area (Å²) in [6.07, 6.45) is 1.79. The van der Waals surface area contributed by atoms with Gasteiger partial charge in [0.1, 0.15) is 0 Å². The highest BCUT2D eigenvalue weighted by Crippen LogP contribution is 2.41. The summed E-state index contributed by atoms with van der Waals surface area (Å²) in [4.78, 5) is 11.7. The van der Waals surface area contributed by atoms with Gasteiger partial charge >= 0.3 is 0 Å². The van der Waals surface area contributed by atoms with Crippen LogP contribution in [0.3, 0.4) is 0 Å². The van der Waals surface area contributed by atoms with E-state index in [2.05, 4.69) is 10.0 Å². The van der Waals surface area contributed by atoms with Crippen LogP contribution in [-0.4, -0.2) is 20.4 Å². The number of anilines is 1. The minimum Gasteiger partial charge on any atom is -0.326 e. The highest BCUT2D eigenvalue weighted by molar-refractivity contribution is 7.89. The van der Waals surface area contributed by atoms with Crippen molar-refractivity contribution < 1.29 is 13.2 Å². The maximum Gasteiger partial charge on any atom is 0.240 e. The molecular weight excluding hydrogens is 324 g/mol. The zero-order valence-electron chi connectivity index (χ0n) is 13.0. The summed E-state index contributed by atoms with van der Waals surface area (Å²) in [5, 5.41) is 2.77. The molecule has 1 heterocycles. The summed E-state index contributed by atoms with van der Waals surface area (Å²) < 4.78 is 28.0. The van der Waals surface area contributed by atoms with Crippen molar-refractivity contribution in [2.75, 3.05) is 5.32 Å². The van der Waals surface area contributed by atoms with Gasteiger partial charge in [-0.3, -0.25) is 4.79 Å². The largest absolute Gasteiger partial charge is 0.326 e. The topological polar surface area (TPSA) is 75.3 Å². The van der Waals surface area contributed by atoms with Gasteiger partial charge in [0.25, 0.3) is 0 Å². The van der Waals surface area contributed by atoms with E-state index in [4.69, 9.17) is 0 Å². The first-order valence-electron chi connectivity index (χ1n) is 8.03. The number of carbonyl (C=O) groups excluding carboxylic acids is 1. The van der Waals surface area contributed by atoms with Gasteiger partial charge in [-0.15, -0.1) is 0 Å². The third-order valence-corrected chi connectivity index (χ3v) is 6.09. The van der Waals surface area contributed by atoms with E-state index < -0.39 is 10.0 Å². The lowest BCUT2D eigenvalue weighted by Gasteiger charge is -2.17. The molecule has 0 radical (unpaired) electrons. The fourth-order valence-corrected chi connectivity index (χ4v) is 4.53. The van der Waals surface area contributed by atoms with E-state index in [9.17, 15) is 13.2 Å². The van der Waals surface area contributed by atoms with Crippen molar-refractivity contribution in [2.24, 2.45) is 0 Å². The molecule has 1 amide bonds. The first-order chi connectivity index (χ1) is 11.5. The Morgan fingerprint density at radius 3 is 2.62 bits per heavy atom. The lowest BCUT2D eigenvalue weighted by Crippen LogP contribution is -2.27. The van der Waals surface area contributed by atoms with E-state index in [0.29, 0.717) is 18.5 Å². The quantitative estimate of drug-likeness (QED) is 0.896. The second-order valence-electron chi connectivity index (χ2n) is 6.35. The van der Waals surface area contributed by atoms with Gasteiger partial charge in [-0.25, -0.2) is 13.1 Å². The van der Waals surface area contributed by atoms with Crippen molar-refractivity contribution >= 4 is 21.6 Å². The smallest absolute Gasteiger partial charge is 0.240 e. The number of fused-ring (bicyclic) bond motifs is 1. The third kappa shape index (κ3) is 2.95. The minimum atomic E-state index is -3.55. The molecule has 2 aromatic carbocycles. The summed E-state index contributed by atoms with van der Waals surface area (Å²) in [5.41, 5.74) is 2.74. The second kappa shape index (κ2) is 5.72. The van der Waals surface area contributed by atoms with E-state index in [1.54, 1.807) is 18.2 Å². The van der Waals surface area contributed by atoms with Crippen molar-refractivity contribution in [2.45, 2.75) is 36.1 Å². The summed E-state index contributed by atoms with van der Waals surface area (Å²) in [6.45, 7) is 0. The van der Waals surface area contributed by atoms with Crippen LogP contribution >= 0.6 is 0 Å². The normalized spacial score (nSPS) is 22.6.